The third kappa shape index (κ3) is 1.76. The average molecular weight is 341 g/mol. The van der Waals surface area contributed by atoms with E-state index in [-0.39, 0.29) is 13.0 Å². The minimum atomic E-state index is -2.22. The molecule has 3 fully saturated rings. The minimum absolute atomic E-state index is 0.120. The fraction of sp³-hybridized carbons (Fsp3) is 0.467. The van der Waals surface area contributed by atoms with E-state index in [2.05, 4.69) is 0 Å². The molecule has 7 nitrogen and oxygen atoms in total. The summed E-state index contributed by atoms with van der Waals surface area (Å²) in [4.78, 5) is 24.4. The number of carbonyl (C=O) groups excluding carboxylic acids is 2. The van der Waals surface area contributed by atoms with Gasteiger partial charge in [0, 0.05) is 5.02 Å². The summed E-state index contributed by atoms with van der Waals surface area (Å²) in [6, 6.07) is 6.51. The Balaban J connectivity index is 1.85. The van der Waals surface area contributed by atoms with E-state index in [9.17, 15) is 19.8 Å². The molecule has 122 valence electrons. The first-order chi connectivity index (χ1) is 10.9. The zero-order valence-corrected chi connectivity index (χ0v) is 12.5. The van der Waals surface area contributed by atoms with Crippen molar-refractivity contribution in [3.8, 4) is 0 Å². The van der Waals surface area contributed by atoms with Crippen LogP contribution in [0.3, 0.4) is 0 Å². The molecule has 5 atom stereocenters. The molecule has 3 aliphatic rings. The maximum absolute atomic E-state index is 12.5. The maximum Gasteiger partial charge on any atom is 0.357 e. The molecule has 1 aromatic rings. The lowest BCUT2D eigenvalue weighted by molar-refractivity contribution is -0.264. The molecule has 0 amide bonds. The van der Waals surface area contributed by atoms with Gasteiger partial charge in [0.15, 0.2) is 6.10 Å². The van der Waals surface area contributed by atoms with Gasteiger partial charge in [0.05, 0.1) is 18.9 Å². The SMILES string of the molecule is O=C1C[C@H](c2ccc(Cl)cc2)[C@@]2(O1)C(=O)O[C@@H]1[C@@H](O)CO[C@@]12O. The standard InChI is InChI=1S/C15H13ClO7/c16-8-3-1-7(2-4-8)9-5-11(18)23-14(9)13(19)22-12-10(17)6-21-15(12,14)20/h1-4,9-10,12,17,20H,5-6H2/t9-,10+,12-,14-,15+/m1/s1. The minimum Gasteiger partial charge on any atom is -0.450 e. The smallest absolute Gasteiger partial charge is 0.357 e. The van der Waals surface area contributed by atoms with Crippen LogP contribution in [-0.4, -0.2) is 52.4 Å². The molecule has 3 saturated heterocycles. The molecule has 0 bridgehead atoms. The maximum atomic E-state index is 12.5. The normalized spacial score (nSPS) is 42.0. The van der Waals surface area contributed by atoms with Gasteiger partial charge >= 0.3 is 11.9 Å². The highest BCUT2D eigenvalue weighted by atomic mass is 35.5. The summed E-state index contributed by atoms with van der Waals surface area (Å²) in [5.74, 6) is -4.60. The molecule has 3 heterocycles. The van der Waals surface area contributed by atoms with E-state index in [1.807, 2.05) is 0 Å². The Bertz CT molecular complexity index is 690. The van der Waals surface area contributed by atoms with Crippen LogP contribution in [0.5, 0.6) is 0 Å². The van der Waals surface area contributed by atoms with Crippen molar-refractivity contribution in [2.75, 3.05) is 6.61 Å². The van der Waals surface area contributed by atoms with Crippen LogP contribution in [0.1, 0.15) is 17.9 Å². The molecule has 0 aliphatic carbocycles. The fourth-order valence-electron chi connectivity index (χ4n) is 3.63. The van der Waals surface area contributed by atoms with Gasteiger partial charge < -0.3 is 24.4 Å². The summed E-state index contributed by atoms with van der Waals surface area (Å²) in [6.45, 7) is -0.221. The predicted octanol–water partition coefficient (Wildman–Crippen LogP) is 0.114. The zero-order chi connectivity index (χ0) is 16.4. The van der Waals surface area contributed by atoms with Crippen LogP contribution in [0.4, 0.5) is 0 Å². The molecule has 0 unspecified atom stereocenters. The van der Waals surface area contributed by atoms with Gasteiger partial charge in [-0.15, -0.1) is 0 Å². The number of carbonyl (C=O) groups is 2. The molecule has 3 aliphatic heterocycles. The topological polar surface area (TPSA) is 102 Å². The summed E-state index contributed by atoms with van der Waals surface area (Å²) in [5, 5.41) is 21.3. The molecule has 23 heavy (non-hydrogen) atoms. The summed E-state index contributed by atoms with van der Waals surface area (Å²) in [5.41, 5.74) is -1.45. The molecule has 1 spiro atoms. The van der Waals surface area contributed by atoms with Gasteiger partial charge in [0.25, 0.3) is 11.4 Å². The monoisotopic (exact) mass is 340 g/mol. The Labute approximate surface area is 135 Å². The lowest BCUT2D eigenvalue weighted by atomic mass is 9.76. The first-order valence-electron chi connectivity index (χ1n) is 7.11. The Hall–Kier alpha value is -1.67. The number of fused-ring (bicyclic) bond motifs is 2. The summed E-state index contributed by atoms with van der Waals surface area (Å²) < 4.78 is 15.6. The van der Waals surface area contributed by atoms with Crippen molar-refractivity contribution >= 4 is 23.5 Å². The lowest BCUT2D eigenvalue weighted by Crippen LogP contribution is -2.60. The van der Waals surface area contributed by atoms with Crippen LogP contribution in [-0.2, 0) is 23.8 Å². The van der Waals surface area contributed by atoms with Gasteiger partial charge in [-0.05, 0) is 17.7 Å². The van der Waals surface area contributed by atoms with Gasteiger partial charge in [0.2, 0.25) is 0 Å². The fourth-order valence-corrected chi connectivity index (χ4v) is 3.75. The Morgan fingerprint density at radius 2 is 1.91 bits per heavy atom. The molecule has 2 N–H and O–H groups in total. The van der Waals surface area contributed by atoms with E-state index in [1.165, 1.54) is 0 Å². The van der Waals surface area contributed by atoms with E-state index >= 15 is 0 Å². The highest BCUT2D eigenvalue weighted by Gasteiger charge is 2.80. The van der Waals surface area contributed by atoms with Gasteiger partial charge in [-0.3, -0.25) is 4.79 Å². The average Bonchev–Trinajstić information content (AvgIpc) is 3.08. The molecular formula is C15H13ClO7. The number of halogens is 1. The third-order valence-electron chi connectivity index (χ3n) is 4.69. The number of hydrogen-bond acceptors (Lipinski definition) is 7. The number of hydrogen-bond donors (Lipinski definition) is 2. The Kier molecular flexibility index (Phi) is 3.02. The van der Waals surface area contributed by atoms with E-state index in [0.29, 0.717) is 10.6 Å². The predicted molar refractivity (Wildman–Crippen MR) is 74.4 cm³/mol. The number of esters is 2. The number of rotatable bonds is 1. The van der Waals surface area contributed by atoms with Crippen molar-refractivity contribution < 1.29 is 34.0 Å². The largest absolute Gasteiger partial charge is 0.450 e. The lowest BCUT2D eigenvalue weighted by Gasteiger charge is -2.35. The molecule has 0 radical (unpaired) electrons. The number of aliphatic hydroxyl groups is 2. The van der Waals surface area contributed by atoms with Gasteiger partial charge in [-0.2, -0.15) is 0 Å². The molecule has 8 heteroatoms. The van der Waals surface area contributed by atoms with Crippen LogP contribution in [0, 0.1) is 0 Å². The first-order valence-corrected chi connectivity index (χ1v) is 7.49. The zero-order valence-electron chi connectivity index (χ0n) is 11.8. The van der Waals surface area contributed by atoms with Gasteiger partial charge in [-0.25, -0.2) is 4.79 Å². The van der Waals surface area contributed by atoms with E-state index < -0.39 is 41.5 Å². The second kappa shape index (κ2) is 4.67. The van der Waals surface area contributed by atoms with E-state index in [4.69, 9.17) is 25.8 Å². The molecule has 1 aromatic carbocycles. The Morgan fingerprint density at radius 1 is 1.22 bits per heavy atom. The van der Waals surface area contributed by atoms with Gasteiger partial charge in [-0.1, -0.05) is 23.7 Å². The third-order valence-corrected chi connectivity index (χ3v) is 4.94. The number of benzene rings is 1. The van der Waals surface area contributed by atoms with Crippen molar-refractivity contribution in [1.29, 1.82) is 0 Å². The second-order valence-electron chi connectivity index (χ2n) is 5.92. The number of ether oxygens (including phenoxy) is 3. The van der Waals surface area contributed by atoms with E-state index in [1.54, 1.807) is 24.3 Å². The van der Waals surface area contributed by atoms with Crippen molar-refractivity contribution in [2.45, 2.75) is 35.9 Å². The van der Waals surface area contributed by atoms with Crippen LogP contribution in [0.25, 0.3) is 0 Å². The second-order valence-corrected chi connectivity index (χ2v) is 6.36. The summed E-state index contributed by atoms with van der Waals surface area (Å²) >= 11 is 5.87. The molecule has 0 aromatic heterocycles. The van der Waals surface area contributed by atoms with Crippen molar-refractivity contribution in [3.63, 3.8) is 0 Å². The van der Waals surface area contributed by atoms with Crippen LogP contribution < -0.4 is 0 Å². The summed E-state index contributed by atoms with van der Waals surface area (Å²) in [7, 11) is 0. The van der Waals surface area contributed by atoms with Crippen molar-refractivity contribution in [1.82, 2.24) is 0 Å². The first kappa shape index (κ1) is 14.9. The van der Waals surface area contributed by atoms with E-state index in [0.717, 1.165) is 0 Å². The van der Waals surface area contributed by atoms with Crippen LogP contribution in [0.15, 0.2) is 24.3 Å². The van der Waals surface area contributed by atoms with Crippen molar-refractivity contribution in [3.05, 3.63) is 34.9 Å². The highest BCUT2D eigenvalue weighted by molar-refractivity contribution is 6.30. The molecule has 4 rings (SSSR count). The van der Waals surface area contributed by atoms with Crippen LogP contribution in [0.2, 0.25) is 5.02 Å². The van der Waals surface area contributed by atoms with Crippen molar-refractivity contribution in [2.24, 2.45) is 0 Å². The Morgan fingerprint density at radius 3 is 2.61 bits per heavy atom. The number of aliphatic hydroxyl groups excluding tert-OH is 1. The highest BCUT2D eigenvalue weighted by Crippen LogP contribution is 2.56. The van der Waals surface area contributed by atoms with Gasteiger partial charge in [0.1, 0.15) is 6.10 Å². The molecule has 0 saturated carbocycles. The summed E-state index contributed by atoms with van der Waals surface area (Å²) in [6.07, 6.45) is -2.60. The molecular weight excluding hydrogens is 328 g/mol. The van der Waals surface area contributed by atoms with Crippen LogP contribution >= 0.6 is 11.6 Å². The quantitative estimate of drug-likeness (QED) is 0.700.